The fraction of sp³-hybridized carbons (Fsp3) is 0.778. The van der Waals surface area contributed by atoms with Crippen LogP contribution in [0.2, 0.25) is 0 Å². The Morgan fingerprint density at radius 1 is 1.75 bits per heavy atom. The Kier molecular flexibility index (Phi) is 1.57. The fourth-order valence-corrected chi connectivity index (χ4v) is 2.19. The Balaban J connectivity index is 2.31. The summed E-state index contributed by atoms with van der Waals surface area (Å²) in [6.07, 6.45) is 0.139. The topological polar surface area (TPSA) is 29.5 Å². The minimum absolute atomic E-state index is 0.0399. The third kappa shape index (κ3) is 0.866. The summed E-state index contributed by atoms with van der Waals surface area (Å²) in [7, 11) is 0. The minimum Gasteiger partial charge on any atom is -0.383 e. The molecule has 0 aromatic heterocycles. The van der Waals surface area contributed by atoms with E-state index in [1.807, 2.05) is 6.92 Å². The van der Waals surface area contributed by atoms with E-state index < -0.39 is 17.9 Å². The maximum absolute atomic E-state index is 13.3. The first-order valence-corrected chi connectivity index (χ1v) is 4.24. The van der Waals surface area contributed by atoms with Crippen molar-refractivity contribution in [2.75, 3.05) is 0 Å². The van der Waals surface area contributed by atoms with Crippen molar-refractivity contribution < 1.29 is 14.2 Å². The van der Waals surface area contributed by atoms with Crippen molar-refractivity contribution in [1.29, 1.82) is 0 Å². The van der Waals surface area contributed by atoms with Crippen molar-refractivity contribution in [2.24, 2.45) is 0 Å². The summed E-state index contributed by atoms with van der Waals surface area (Å²) in [4.78, 5) is 0. The van der Waals surface area contributed by atoms with Crippen LogP contribution in [0.15, 0.2) is 11.6 Å². The number of hydrogen-bond donors (Lipinski definition) is 1. The summed E-state index contributed by atoms with van der Waals surface area (Å²) in [6.45, 7) is 3.66. The predicted molar refractivity (Wildman–Crippen MR) is 42.6 cm³/mol. The predicted octanol–water partition coefficient (Wildman–Crippen LogP) is 1.19. The van der Waals surface area contributed by atoms with Crippen molar-refractivity contribution in [2.45, 2.75) is 44.2 Å². The lowest BCUT2D eigenvalue weighted by Crippen LogP contribution is -2.42. The average molecular weight is 172 g/mol. The largest absolute Gasteiger partial charge is 0.383 e. The van der Waals surface area contributed by atoms with Gasteiger partial charge in [-0.2, -0.15) is 0 Å². The van der Waals surface area contributed by atoms with E-state index in [0.717, 1.165) is 5.57 Å². The van der Waals surface area contributed by atoms with Crippen LogP contribution in [0.5, 0.6) is 0 Å². The second kappa shape index (κ2) is 2.30. The van der Waals surface area contributed by atoms with Crippen molar-refractivity contribution in [3.63, 3.8) is 0 Å². The van der Waals surface area contributed by atoms with Crippen molar-refractivity contribution in [3.05, 3.63) is 11.6 Å². The molecule has 1 unspecified atom stereocenters. The summed E-state index contributed by atoms with van der Waals surface area (Å²) in [5, 5.41) is 9.89. The molecule has 0 bridgehead atoms. The van der Waals surface area contributed by atoms with Gasteiger partial charge in [0.2, 0.25) is 0 Å². The van der Waals surface area contributed by atoms with Gasteiger partial charge in [0.25, 0.3) is 0 Å². The molecule has 68 valence electrons. The number of ether oxygens (including phenoxy) is 1. The normalized spacial score (nSPS) is 52.3. The van der Waals surface area contributed by atoms with Gasteiger partial charge in [-0.15, -0.1) is 0 Å². The van der Waals surface area contributed by atoms with Gasteiger partial charge < -0.3 is 9.84 Å². The van der Waals surface area contributed by atoms with Crippen molar-refractivity contribution in [1.82, 2.24) is 0 Å². The first-order valence-electron chi connectivity index (χ1n) is 4.24. The third-order valence-corrected chi connectivity index (χ3v) is 2.74. The van der Waals surface area contributed by atoms with Crippen LogP contribution in [0, 0.1) is 0 Å². The molecule has 1 fully saturated rings. The third-order valence-electron chi connectivity index (χ3n) is 2.74. The van der Waals surface area contributed by atoms with Crippen LogP contribution in [0.1, 0.15) is 20.3 Å². The molecule has 2 rings (SSSR count). The molecule has 1 aliphatic heterocycles. The summed E-state index contributed by atoms with van der Waals surface area (Å²) >= 11 is 0. The highest BCUT2D eigenvalue weighted by Crippen LogP contribution is 2.43. The first-order chi connectivity index (χ1) is 5.54. The van der Waals surface area contributed by atoms with Crippen molar-refractivity contribution in [3.8, 4) is 0 Å². The Morgan fingerprint density at radius 3 is 3.00 bits per heavy atom. The molecule has 1 heterocycles. The molecule has 3 heteroatoms. The van der Waals surface area contributed by atoms with E-state index in [9.17, 15) is 9.50 Å². The van der Waals surface area contributed by atoms with Gasteiger partial charge in [-0.25, -0.2) is 4.39 Å². The van der Waals surface area contributed by atoms with Gasteiger partial charge in [0, 0.05) is 6.42 Å². The summed E-state index contributed by atoms with van der Waals surface area (Å²) < 4.78 is 18.7. The zero-order valence-electron chi connectivity index (χ0n) is 7.25. The van der Waals surface area contributed by atoms with Gasteiger partial charge in [-0.1, -0.05) is 0 Å². The number of fused-ring (bicyclic) bond motifs is 1. The van der Waals surface area contributed by atoms with E-state index >= 15 is 0 Å². The molecule has 0 radical (unpaired) electrons. The van der Waals surface area contributed by atoms with E-state index in [0.29, 0.717) is 6.42 Å². The van der Waals surface area contributed by atoms with Crippen molar-refractivity contribution >= 4 is 0 Å². The highest BCUT2D eigenvalue weighted by molar-refractivity contribution is 5.28. The zero-order chi connectivity index (χ0) is 8.93. The highest BCUT2D eigenvalue weighted by atomic mass is 19.1. The summed E-state index contributed by atoms with van der Waals surface area (Å²) in [6, 6.07) is 0. The van der Waals surface area contributed by atoms with Crippen LogP contribution >= 0.6 is 0 Å². The van der Waals surface area contributed by atoms with Gasteiger partial charge >= 0.3 is 0 Å². The Labute approximate surface area is 71.0 Å². The van der Waals surface area contributed by atoms with Crippen LogP contribution in [-0.4, -0.2) is 29.1 Å². The number of hydrogen-bond acceptors (Lipinski definition) is 2. The van der Waals surface area contributed by atoms with Crippen LogP contribution < -0.4 is 0 Å². The second-order valence-electron chi connectivity index (χ2n) is 3.83. The number of alkyl halides is 1. The number of aliphatic hydroxyl groups is 1. The number of rotatable bonds is 0. The molecule has 1 aliphatic carbocycles. The van der Waals surface area contributed by atoms with E-state index in [1.54, 1.807) is 6.92 Å². The molecule has 4 atom stereocenters. The van der Waals surface area contributed by atoms with E-state index in [4.69, 9.17) is 4.74 Å². The van der Waals surface area contributed by atoms with Gasteiger partial charge in [0.15, 0.2) is 6.17 Å². The Morgan fingerprint density at radius 2 is 2.42 bits per heavy atom. The lowest BCUT2D eigenvalue weighted by Gasteiger charge is -2.23. The molecular weight excluding hydrogens is 159 g/mol. The van der Waals surface area contributed by atoms with Crippen LogP contribution in [-0.2, 0) is 4.74 Å². The summed E-state index contributed by atoms with van der Waals surface area (Å²) in [5.74, 6) is 0. The van der Waals surface area contributed by atoms with Crippen LogP contribution in [0.25, 0.3) is 0 Å². The second-order valence-corrected chi connectivity index (χ2v) is 3.83. The monoisotopic (exact) mass is 172 g/mol. The Bertz CT molecular complexity index is 239. The smallest absolute Gasteiger partial charge is 0.150 e. The van der Waals surface area contributed by atoms with E-state index in [2.05, 4.69) is 0 Å². The number of halogens is 1. The first kappa shape index (κ1) is 8.20. The Hall–Kier alpha value is -0.410. The maximum Gasteiger partial charge on any atom is 0.150 e. The lowest BCUT2D eigenvalue weighted by atomic mass is 9.93. The van der Waals surface area contributed by atoms with Crippen LogP contribution in [0.4, 0.5) is 4.39 Å². The zero-order valence-corrected chi connectivity index (χ0v) is 7.25. The molecule has 0 aromatic rings. The molecule has 1 N–H and O–H groups in total. The maximum atomic E-state index is 13.3. The molecule has 0 saturated carbocycles. The van der Waals surface area contributed by atoms with Gasteiger partial charge in [-0.05, 0) is 25.5 Å². The molecule has 0 amide bonds. The quantitative estimate of drug-likeness (QED) is 0.556. The van der Waals surface area contributed by atoms with Gasteiger partial charge in [0.1, 0.15) is 11.7 Å². The van der Waals surface area contributed by atoms with E-state index in [1.165, 1.54) is 6.08 Å². The molecule has 1 saturated heterocycles. The SMILES string of the molecule is CC1=CC(F)[C@]2(O)C[C@H](C)O[C@H]12. The highest BCUT2D eigenvalue weighted by Gasteiger charge is 2.55. The molecule has 2 nitrogen and oxygen atoms in total. The lowest BCUT2D eigenvalue weighted by molar-refractivity contribution is -0.0477. The average Bonchev–Trinajstić information content (AvgIpc) is 2.34. The molecule has 0 aromatic carbocycles. The molecule has 0 spiro atoms. The fourth-order valence-electron chi connectivity index (χ4n) is 2.19. The van der Waals surface area contributed by atoms with Gasteiger partial charge in [0.05, 0.1) is 6.10 Å². The molecular formula is C9H13FO2. The van der Waals surface area contributed by atoms with E-state index in [-0.39, 0.29) is 6.10 Å². The molecule has 12 heavy (non-hydrogen) atoms. The standard InChI is InChI=1S/C9H13FO2/c1-5-3-7(10)9(11)4-6(2)12-8(5)9/h3,6-8,11H,4H2,1-2H3/t6-,7?,8+,9+/m0/s1. The minimum atomic E-state index is -1.27. The van der Waals surface area contributed by atoms with Gasteiger partial charge in [-0.3, -0.25) is 0 Å². The summed E-state index contributed by atoms with van der Waals surface area (Å²) in [5.41, 5.74) is -0.460. The molecule has 2 aliphatic rings. The van der Waals surface area contributed by atoms with Crippen LogP contribution in [0.3, 0.4) is 0 Å².